The van der Waals surface area contributed by atoms with Gasteiger partial charge in [0.15, 0.2) is 5.76 Å². The zero-order chi connectivity index (χ0) is 18.6. The van der Waals surface area contributed by atoms with Gasteiger partial charge in [-0.05, 0) is 61.4 Å². The molecule has 1 aliphatic carbocycles. The number of likely N-dealkylation sites (tertiary alicyclic amines) is 1. The van der Waals surface area contributed by atoms with Crippen molar-refractivity contribution in [1.29, 1.82) is 5.26 Å². The van der Waals surface area contributed by atoms with Crippen molar-refractivity contribution in [3.63, 3.8) is 0 Å². The molecule has 5 heteroatoms. The maximum absolute atomic E-state index is 12.9. The smallest absolute Gasteiger partial charge is 0.289 e. The minimum absolute atomic E-state index is 0.0343. The molecule has 0 spiro atoms. The first-order chi connectivity index (χ1) is 13.2. The van der Waals surface area contributed by atoms with Crippen LogP contribution in [-0.2, 0) is 6.54 Å². The number of benzene rings is 1. The predicted octanol–water partition coefficient (Wildman–Crippen LogP) is 3.67. The van der Waals surface area contributed by atoms with Crippen molar-refractivity contribution in [2.45, 2.75) is 38.3 Å². The summed E-state index contributed by atoms with van der Waals surface area (Å²) in [5.74, 6) is 1.15. The number of hydrogen-bond acceptors (Lipinski definition) is 4. The highest BCUT2D eigenvalue weighted by Gasteiger charge is 2.34. The molecule has 4 rings (SSSR count). The number of piperidine rings is 1. The first-order valence-electron chi connectivity index (χ1n) is 9.79. The lowest BCUT2D eigenvalue weighted by Gasteiger charge is -2.38. The summed E-state index contributed by atoms with van der Waals surface area (Å²) in [6.45, 7) is 3.65. The zero-order valence-electron chi connectivity index (χ0n) is 15.5. The predicted molar refractivity (Wildman–Crippen MR) is 102 cm³/mol. The number of furan rings is 1. The Morgan fingerprint density at radius 1 is 1.19 bits per heavy atom. The highest BCUT2D eigenvalue weighted by atomic mass is 16.3. The number of carbonyl (C=O) groups is 1. The Labute approximate surface area is 160 Å². The maximum atomic E-state index is 12.9. The largest absolute Gasteiger partial charge is 0.459 e. The van der Waals surface area contributed by atoms with Gasteiger partial charge in [0.05, 0.1) is 17.9 Å². The van der Waals surface area contributed by atoms with Crippen molar-refractivity contribution in [2.24, 2.45) is 5.92 Å². The number of rotatable bonds is 6. The van der Waals surface area contributed by atoms with Crippen LogP contribution in [0.3, 0.4) is 0 Å². The van der Waals surface area contributed by atoms with Crippen LogP contribution >= 0.6 is 0 Å². The van der Waals surface area contributed by atoms with E-state index in [1.807, 2.05) is 18.2 Å². The molecule has 1 saturated carbocycles. The summed E-state index contributed by atoms with van der Waals surface area (Å²) in [7, 11) is 0. The first kappa shape index (κ1) is 17.8. The third kappa shape index (κ3) is 4.40. The van der Waals surface area contributed by atoms with E-state index in [0.717, 1.165) is 39.0 Å². The van der Waals surface area contributed by atoms with Crippen LogP contribution in [0.4, 0.5) is 0 Å². The summed E-state index contributed by atoms with van der Waals surface area (Å²) in [4.78, 5) is 17.4. The van der Waals surface area contributed by atoms with Gasteiger partial charge in [0.2, 0.25) is 0 Å². The molecule has 1 aromatic carbocycles. The van der Waals surface area contributed by atoms with Gasteiger partial charge in [-0.25, -0.2) is 0 Å². The second kappa shape index (κ2) is 7.98. The van der Waals surface area contributed by atoms with Gasteiger partial charge in [-0.15, -0.1) is 0 Å². The van der Waals surface area contributed by atoms with E-state index in [2.05, 4.69) is 21.9 Å². The number of carbonyl (C=O) groups excluding carboxylic acids is 1. The molecule has 2 fully saturated rings. The van der Waals surface area contributed by atoms with Crippen molar-refractivity contribution < 1.29 is 9.21 Å². The molecule has 0 radical (unpaired) electrons. The normalized spacial score (nSPS) is 18.2. The van der Waals surface area contributed by atoms with E-state index >= 15 is 0 Å². The molecule has 1 saturated heterocycles. The molecule has 2 heterocycles. The molecule has 0 unspecified atom stereocenters. The Morgan fingerprint density at radius 2 is 2.00 bits per heavy atom. The number of nitriles is 1. The van der Waals surface area contributed by atoms with Crippen LogP contribution in [0.2, 0.25) is 0 Å². The van der Waals surface area contributed by atoms with Crippen molar-refractivity contribution in [3.05, 3.63) is 59.5 Å². The summed E-state index contributed by atoms with van der Waals surface area (Å²) >= 11 is 0. The third-order valence-corrected chi connectivity index (χ3v) is 5.60. The topological polar surface area (TPSA) is 60.5 Å². The minimum atomic E-state index is 0.0343. The van der Waals surface area contributed by atoms with Crippen molar-refractivity contribution in [1.82, 2.24) is 9.80 Å². The van der Waals surface area contributed by atoms with Crippen LogP contribution in [0.1, 0.15) is 47.4 Å². The fourth-order valence-corrected chi connectivity index (χ4v) is 3.90. The number of hydrogen-bond donors (Lipinski definition) is 0. The van der Waals surface area contributed by atoms with Crippen molar-refractivity contribution >= 4 is 5.91 Å². The third-order valence-electron chi connectivity index (χ3n) is 5.60. The van der Waals surface area contributed by atoms with Gasteiger partial charge in [0, 0.05) is 32.2 Å². The van der Waals surface area contributed by atoms with Crippen LogP contribution in [0.25, 0.3) is 0 Å². The van der Waals surface area contributed by atoms with E-state index in [1.54, 1.807) is 18.4 Å². The fourth-order valence-electron chi connectivity index (χ4n) is 3.90. The van der Waals surface area contributed by atoms with Crippen LogP contribution in [0.5, 0.6) is 0 Å². The molecule has 1 aromatic heterocycles. The van der Waals surface area contributed by atoms with Crippen LogP contribution < -0.4 is 0 Å². The lowest BCUT2D eigenvalue weighted by Crippen LogP contribution is -2.48. The Hall–Kier alpha value is -2.58. The molecule has 27 heavy (non-hydrogen) atoms. The van der Waals surface area contributed by atoms with Gasteiger partial charge in [-0.2, -0.15) is 5.26 Å². The molecule has 1 aliphatic heterocycles. The zero-order valence-corrected chi connectivity index (χ0v) is 15.5. The van der Waals surface area contributed by atoms with Gasteiger partial charge < -0.3 is 9.32 Å². The van der Waals surface area contributed by atoms with Crippen molar-refractivity contribution in [3.8, 4) is 6.07 Å². The quantitative estimate of drug-likeness (QED) is 0.786. The molecular weight excluding hydrogens is 338 g/mol. The summed E-state index contributed by atoms with van der Waals surface area (Å²) < 4.78 is 5.36. The molecule has 0 atom stereocenters. The Morgan fingerprint density at radius 3 is 2.67 bits per heavy atom. The molecule has 1 amide bonds. The Kier molecular flexibility index (Phi) is 5.26. The second-order valence-corrected chi connectivity index (χ2v) is 7.70. The van der Waals surface area contributed by atoms with E-state index in [-0.39, 0.29) is 11.9 Å². The van der Waals surface area contributed by atoms with E-state index in [9.17, 15) is 4.79 Å². The Bertz CT molecular complexity index is 812. The van der Waals surface area contributed by atoms with Gasteiger partial charge in [-0.3, -0.25) is 9.69 Å². The average molecular weight is 363 g/mol. The fraction of sp³-hybridized carbons (Fsp3) is 0.455. The van der Waals surface area contributed by atoms with Gasteiger partial charge in [0.25, 0.3) is 5.91 Å². The van der Waals surface area contributed by atoms with Gasteiger partial charge in [0.1, 0.15) is 0 Å². The van der Waals surface area contributed by atoms with Gasteiger partial charge in [-0.1, -0.05) is 12.1 Å². The van der Waals surface area contributed by atoms with Crippen LogP contribution in [0, 0.1) is 17.2 Å². The highest BCUT2D eigenvalue weighted by Crippen LogP contribution is 2.32. The molecule has 2 aliphatic rings. The standard InChI is InChI=1S/C22H25N3O2/c23-14-18-3-1-4-19(13-18)15-24-10-8-20(9-11-24)25(16-17-6-7-17)22(26)21-5-2-12-27-21/h1-5,12-13,17,20H,6-11,15-16H2. The van der Waals surface area contributed by atoms with Crippen molar-refractivity contribution in [2.75, 3.05) is 19.6 Å². The first-order valence-corrected chi connectivity index (χ1v) is 9.79. The SMILES string of the molecule is N#Cc1cccc(CN2CCC(N(CC3CC3)C(=O)c3ccco3)CC2)c1. The molecule has 2 aromatic rings. The lowest BCUT2D eigenvalue weighted by atomic mass is 10.0. The van der Waals surface area contributed by atoms with Crippen LogP contribution in [-0.4, -0.2) is 41.4 Å². The molecule has 0 N–H and O–H groups in total. The van der Waals surface area contributed by atoms with E-state index in [1.165, 1.54) is 18.4 Å². The van der Waals surface area contributed by atoms with E-state index in [4.69, 9.17) is 9.68 Å². The minimum Gasteiger partial charge on any atom is -0.459 e. The summed E-state index contributed by atoms with van der Waals surface area (Å²) in [6, 6.07) is 13.9. The van der Waals surface area contributed by atoms with E-state index in [0.29, 0.717) is 17.2 Å². The maximum Gasteiger partial charge on any atom is 0.289 e. The second-order valence-electron chi connectivity index (χ2n) is 7.70. The summed E-state index contributed by atoms with van der Waals surface area (Å²) in [5.41, 5.74) is 1.89. The molecule has 0 bridgehead atoms. The van der Waals surface area contributed by atoms with Gasteiger partial charge >= 0.3 is 0 Å². The highest BCUT2D eigenvalue weighted by molar-refractivity contribution is 5.91. The summed E-state index contributed by atoms with van der Waals surface area (Å²) in [6.07, 6.45) is 6.00. The monoisotopic (exact) mass is 363 g/mol. The molecule has 140 valence electrons. The average Bonchev–Trinajstić information content (AvgIpc) is 3.36. The number of amides is 1. The Balaban J connectivity index is 1.37. The summed E-state index contributed by atoms with van der Waals surface area (Å²) in [5, 5.41) is 9.06. The van der Waals surface area contributed by atoms with E-state index < -0.39 is 0 Å². The lowest BCUT2D eigenvalue weighted by molar-refractivity contribution is 0.0522. The number of nitrogens with zero attached hydrogens (tertiary/aromatic N) is 3. The molecular formula is C22H25N3O2. The molecule has 5 nitrogen and oxygen atoms in total. The van der Waals surface area contributed by atoms with Crippen LogP contribution in [0.15, 0.2) is 47.1 Å².